The molecule has 204 valence electrons. The van der Waals surface area contributed by atoms with E-state index in [1.165, 1.54) is 32.1 Å². The lowest BCUT2D eigenvalue weighted by atomic mass is 9.88. The van der Waals surface area contributed by atoms with Crippen molar-refractivity contribution in [3.63, 3.8) is 0 Å². The lowest BCUT2D eigenvalue weighted by Gasteiger charge is -2.35. The van der Waals surface area contributed by atoms with Gasteiger partial charge in [0, 0.05) is 49.8 Å². The molecule has 1 amide bonds. The average molecular weight is 528 g/mol. The molecule has 0 bridgehead atoms. The highest BCUT2D eigenvalue weighted by molar-refractivity contribution is 5.82. The van der Waals surface area contributed by atoms with E-state index in [9.17, 15) is 14.7 Å². The summed E-state index contributed by atoms with van der Waals surface area (Å²) in [6.07, 6.45) is 6.08. The molecule has 0 radical (unpaired) electrons. The Bertz CT molecular complexity index is 1330. The molecule has 1 aliphatic carbocycles. The van der Waals surface area contributed by atoms with Gasteiger partial charge in [0.05, 0.1) is 12.1 Å². The molecule has 1 aromatic heterocycles. The Morgan fingerprint density at radius 3 is 2.41 bits per heavy atom. The first kappa shape index (κ1) is 25.8. The number of hydrogen-bond acceptors (Lipinski definition) is 5. The van der Waals surface area contributed by atoms with Crippen LogP contribution in [0, 0.1) is 17.8 Å². The van der Waals surface area contributed by atoms with Crippen LogP contribution in [0.15, 0.2) is 77.6 Å². The van der Waals surface area contributed by atoms with Gasteiger partial charge in [-0.05, 0) is 54.7 Å². The topological polar surface area (TPSA) is 83.8 Å². The fourth-order valence-electron chi connectivity index (χ4n) is 7.03. The van der Waals surface area contributed by atoms with Gasteiger partial charge in [0.1, 0.15) is 11.5 Å². The predicted octanol–water partition coefficient (Wildman–Crippen LogP) is 4.50. The van der Waals surface area contributed by atoms with Gasteiger partial charge in [-0.15, -0.1) is 0 Å². The molecule has 3 aromatic rings. The Hall–Kier alpha value is -3.42. The van der Waals surface area contributed by atoms with Crippen molar-refractivity contribution in [2.24, 2.45) is 17.8 Å². The summed E-state index contributed by atoms with van der Waals surface area (Å²) in [7, 11) is 0. The minimum absolute atomic E-state index is 0.00287. The maximum absolute atomic E-state index is 13.8. The average Bonchev–Trinajstić information content (AvgIpc) is 3.49. The van der Waals surface area contributed by atoms with Crippen LogP contribution in [0.2, 0.25) is 0 Å². The Morgan fingerprint density at radius 1 is 0.923 bits per heavy atom. The van der Waals surface area contributed by atoms with E-state index < -0.39 is 6.04 Å². The second-order valence-electron chi connectivity index (χ2n) is 11.3. The van der Waals surface area contributed by atoms with Crippen LogP contribution in [0.1, 0.15) is 49.4 Å². The molecule has 1 saturated carbocycles. The fraction of sp³-hybridized carbons (Fsp3) is 0.438. The maximum atomic E-state index is 13.8. The summed E-state index contributed by atoms with van der Waals surface area (Å²) in [6.45, 7) is 1.71. The number of likely N-dealkylation sites (tertiary alicyclic amines) is 1. The van der Waals surface area contributed by atoms with Crippen molar-refractivity contribution >= 4 is 5.91 Å². The Balaban J connectivity index is 1.19. The van der Waals surface area contributed by atoms with Crippen LogP contribution >= 0.6 is 0 Å². The van der Waals surface area contributed by atoms with Gasteiger partial charge in [-0.3, -0.25) is 14.5 Å². The van der Waals surface area contributed by atoms with Gasteiger partial charge < -0.3 is 19.7 Å². The highest BCUT2D eigenvalue weighted by Crippen LogP contribution is 2.49. The summed E-state index contributed by atoms with van der Waals surface area (Å²) in [5, 5.41) is 13.7. The molecule has 2 aliphatic heterocycles. The standard InChI is InChI=1S/C32H37N3O4/c36-21-27-26-20-34-28(12-7-13-29(34)37)30(26)35(19-23-8-3-1-4-9-23)31(27)32(38)33-18-22-14-16-25(17-15-22)39-24-10-5-2-6-11-24/h2,5-7,10-17,23,26-27,30-31,36H,1,3-4,8-9,18-21H2,(H,33,38)/t26-,27-,30+,31-/m1/s1. The molecule has 0 unspecified atom stereocenters. The van der Waals surface area contributed by atoms with E-state index in [1.54, 1.807) is 6.07 Å². The van der Waals surface area contributed by atoms with E-state index in [4.69, 9.17) is 4.74 Å². The Labute approximate surface area is 229 Å². The second-order valence-corrected chi connectivity index (χ2v) is 11.3. The third kappa shape index (κ3) is 5.25. The first-order valence-electron chi connectivity index (χ1n) is 14.3. The van der Waals surface area contributed by atoms with E-state index in [2.05, 4.69) is 10.2 Å². The van der Waals surface area contributed by atoms with Gasteiger partial charge >= 0.3 is 0 Å². The molecular formula is C32H37N3O4. The lowest BCUT2D eigenvalue weighted by molar-refractivity contribution is -0.128. The Morgan fingerprint density at radius 2 is 1.67 bits per heavy atom. The number of nitrogens with one attached hydrogen (secondary N) is 1. The molecule has 1 saturated heterocycles. The Kier molecular flexibility index (Phi) is 7.53. The molecule has 0 spiro atoms. The number of hydrogen-bond donors (Lipinski definition) is 2. The number of amides is 1. The number of para-hydroxylation sites is 1. The van der Waals surface area contributed by atoms with E-state index in [-0.39, 0.29) is 36.0 Å². The van der Waals surface area contributed by atoms with Crippen molar-refractivity contribution in [3.05, 3.63) is 94.4 Å². The summed E-state index contributed by atoms with van der Waals surface area (Å²) in [5.74, 6) is 1.83. The number of carbonyl (C=O) groups is 1. The minimum atomic E-state index is -0.420. The highest BCUT2D eigenvalue weighted by atomic mass is 16.5. The lowest BCUT2D eigenvalue weighted by Crippen LogP contribution is -2.49. The number of carbonyl (C=O) groups excluding carboxylic acids is 1. The van der Waals surface area contributed by atoms with Crippen LogP contribution in [0.4, 0.5) is 0 Å². The molecule has 39 heavy (non-hydrogen) atoms. The quantitative estimate of drug-likeness (QED) is 0.451. The van der Waals surface area contributed by atoms with Crippen LogP contribution in [0.5, 0.6) is 11.5 Å². The van der Waals surface area contributed by atoms with E-state index in [1.807, 2.05) is 71.3 Å². The normalized spacial score (nSPS) is 24.7. The van der Waals surface area contributed by atoms with E-state index in [0.29, 0.717) is 19.0 Å². The van der Waals surface area contributed by atoms with Crippen molar-refractivity contribution in [2.75, 3.05) is 13.2 Å². The van der Waals surface area contributed by atoms with E-state index >= 15 is 0 Å². The molecule has 6 rings (SSSR count). The monoisotopic (exact) mass is 527 g/mol. The van der Waals surface area contributed by atoms with Gasteiger partial charge in [0.25, 0.3) is 5.56 Å². The molecule has 3 aliphatic rings. The highest BCUT2D eigenvalue weighted by Gasteiger charge is 2.55. The van der Waals surface area contributed by atoms with Gasteiger partial charge in [0.15, 0.2) is 0 Å². The molecular weight excluding hydrogens is 490 g/mol. The maximum Gasteiger partial charge on any atom is 0.250 e. The summed E-state index contributed by atoms with van der Waals surface area (Å²) < 4.78 is 7.73. The van der Waals surface area contributed by atoms with Crippen LogP contribution in [-0.2, 0) is 17.9 Å². The number of benzene rings is 2. The zero-order valence-electron chi connectivity index (χ0n) is 22.2. The minimum Gasteiger partial charge on any atom is -0.457 e. The largest absolute Gasteiger partial charge is 0.457 e. The van der Waals surface area contributed by atoms with Gasteiger partial charge in [-0.2, -0.15) is 0 Å². The van der Waals surface area contributed by atoms with Crippen molar-refractivity contribution in [3.8, 4) is 11.5 Å². The second kappa shape index (κ2) is 11.4. The molecule has 7 heteroatoms. The van der Waals surface area contributed by atoms with Crippen molar-refractivity contribution < 1.29 is 14.6 Å². The zero-order chi connectivity index (χ0) is 26.8. The number of pyridine rings is 1. The number of aromatic nitrogens is 1. The third-order valence-corrected chi connectivity index (χ3v) is 8.90. The molecule has 2 fully saturated rings. The number of aliphatic hydroxyl groups is 1. The number of ether oxygens (including phenoxy) is 1. The van der Waals surface area contributed by atoms with Gasteiger partial charge in [-0.25, -0.2) is 0 Å². The van der Waals surface area contributed by atoms with Crippen LogP contribution in [0.25, 0.3) is 0 Å². The summed E-state index contributed by atoms with van der Waals surface area (Å²) in [6, 6.07) is 22.4. The van der Waals surface area contributed by atoms with Crippen molar-refractivity contribution in [1.29, 1.82) is 0 Å². The van der Waals surface area contributed by atoms with Crippen LogP contribution in [0.3, 0.4) is 0 Å². The molecule has 2 N–H and O–H groups in total. The van der Waals surface area contributed by atoms with Crippen molar-refractivity contribution in [2.45, 2.75) is 57.3 Å². The van der Waals surface area contributed by atoms with E-state index in [0.717, 1.165) is 29.3 Å². The van der Waals surface area contributed by atoms with Crippen LogP contribution in [-0.4, -0.2) is 39.7 Å². The predicted molar refractivity (Wildman–Crippen MR) is 149 cm³/mol. The molecule has 2 aromatic carbocycles. The summed E-state index contributed by atoms with van der Waals surface area (Å²) >= 11 is 0. The number of aliphatic hydroxyl groups excluding tert-OH is 1. The third-order valence-electron chi connectivity index (χ3n) is 8.90. The molecule has 7 nitrogen and oxygen atoms in total. The van der Waals surface area contributed by atoms with Crippen LogP contribution < -0.4 is 15.6 Å². The smallest absolute Gasteiger partial charge is 0.250 e. The van der Waals surface area contributed by atoms with Gasteiger partial charge in [0.2, 0.25) is 5.91 Å². The summed E-state index contributed by atoms with van der Waals surface area (Å²) in [4.78, 5) is 28.8. The zero-order valence-corrected chi connectivity index (χ0v) is 22.2. The molecule has 3 heterocycles. The van der Waals surface area contributed by atoms with Gasteiger partial charge in [-0.1, -0.05) is 55.7 Å². The first-order chi connectivity index (χ1) is 19.1. The first-order valence-corrected chi connectivity index (χ1v) is 14.3. The molecule has 4 atom stereocenters. The number of fused-ring (bicyclic) bond motifs is 3. The number of rotatable bonds is 8. The SMILES string of the molecule is O=C(NCc1ccc(Oc2ccccc2)cc1)[C@H]1[C@H](CO)[C@H]2Cn3c(cccc3=O)[C@H]2N1CC1CCCCC1. The van der Waals surface area contributed by atoms with Crippen molar-refractivity contribution in [1.82, 2.24) is 14.8 Å². The number of nitrogens with zero attached hydrogens (tertiary/aromatic N) is 2. The fourth-order valence-corrected chi connectivity index (χ4v) is 7.03. The summed E-state index contributed by atoms with van der Waals surface area (Å²) in [5.41, 5.74) is 1.96.